The van der Waals surface area contributed by atoms with E-state index in [-0.39, 0.29) is 5.91 Å². The van der Waals surface area contributed by atoms with Crippen molar-refractivity contribution in [1.29, 1.82) is 0 Å². The number of aromatic nitrogens is 1. The molecule has 1 aromatic heterocycles. The molecule has 4 rings (SSSR count). The molecule has 0 aliphatic heterocycles. The summed E-state index contributed by atoms with van der Waals surface area (Å²) in [4.78, 5) is 17.8. The van der Waals surface area contributed by atoms with Gasteiger partial charge in [0.2, 0.25) is 0 Å². The maximum atomic E-state index is 12.6. The third-order valence-electron chi connectivity index (χ3n) is 4.35. The number of benzene rings is 3. The molecular formula is C21H18N2OS. The number of amides is 1. The number of nitrogens with zero attached hydrogens (tertiary/aromatic N) is 2. The van der Waals surface area contributed by atoms with Crippen molar-refractivity contribution in [2.45, 2.75) is 20.4 Å². The van der Waals surface area contributed by atoms with E-state index < -0.39 is 0 Å². The zero-order chi connectivity index (χ0) is 17.4. The molecule has 0 N–H and O–H groups in total. The molecule has 25 heavy (non-hydrogen) atoms. The van der Waals surface area contributed by atoms with Crippen LogP contribution in [0.5, 0.6) is 0 Å². The second kappa shape index (κ2) is 6.30. The molecule has 4 aromatic rings. The molecule has 124 valence electrons. The maximum Gasteiger partial charge on any atom is 0.279 e. The molecule has 0 aliphatic carbocycles. The Hall–Kier alpha value is -2.72. The summed E-state index contributed by atoms with van der Waals surface area (Å²) in [5, 5.41) is 2.41. The fourth-order valence-corrected chi connectivity index (χ4v) is 4.35. The Morgan fingerprint density at radius 2 is 1.92 bits per heavy atom. The van der Waals surface area contributed by atoms with Crippen molar-refractivity contribution >= 4 is 38.2 Å². The lowest BCUT2D eigenvalue weighted by Gasteiger charge is -2.02. The van der Waals surface area contributed by atoms with Crippen LogP contribution >= 0.6 is 11.3 Å². The van der Waals surface area contributed by atoms with E-state index in [0.29, 0.717) is 5.56 Å². The van der Waals surface area contributed by atoms with Gasteiger partial charge in [0.05, 0.1) is 10.2 Å². The Bertz CT molecular complexity index is 1170. The van der Waals surface area contributed by atoms with Crippen molar-refractivity contribution in [2.75, 3.05) is 0 Å². The van der Waals surface area contributed by atoms with Crippen molar-refractivity contribution in [3.63, 3.8) is 0 Å². The zero-order valence-corrected chi connectivity index (χ0v) is 15.0. The highest BCUT2D eigenvalue weighted by Crippen LogP contribution is 2.27. The van der Waals surface area contributed by atoms with Crippen molar-refractivity contribution in [1.82, 2.24) is 4.57 Å². The summed E-state index contributed by atoms with van der Waals surface area (Å²) in [6.45, 7) is 4.84. The van der Waals surface area contributed by atoms with Gasteiger partial charge in [-0.1, -0.05) is 59.4 Å². The summed E-state index contributed by atoms with van der Waals surface area (Å²) in [7, 11) is 0. The molecule has 0 unspecified atom stereocenters. The number of aryl methyl sites for hydroxylation is 2. The Morgan fingerprint density at radius 1 is 1.08 bits per heavy atom. The zero-order valence-electron chi connectivity index (χ0n) is 14.2. The lowest BCUT2D eigenvalue weighted by molar-refractivity contribution is 0.0998. The molecule has 1 amide bonds. The van der Waals surface area contributed by atoms with E-state index >= 15 is 0 Å². The van der Waals surface area contributed by atoms with Crippen molar-refractivity contribution in [3.05, 3.63) is 76.6 Å². The highest BCUT2D eigenvalue weighted by atomic mass is 32.1. The van der Waals surface area contributed by atoms with Crippen LogP contribution in [0.1, 0.15) is 22.8 Å². The Balaban J connectivity index is 1.95. The quantitative estimate of drug-likeness (QED) is 0.507. The van der Waals surface area contributed by atoms with Crippen LogP contribution in [0, 0.1) is 6.92 Å². The Kier molecular flexibility index (Phi) is 3.98. The molecule has 3 aromatic carbocycles. The summed E-state index contributed by atoms with van der Waals surface area (Å²) < 4.78 is 3.29. The first-order chi connectivity index (χ1) is 12.2. The predicted octanol–water partition coefficient (Wildman–Crippen LogP) is 4.93. The molecular weight excluding hydrogens is 328 g/mol. The Morgan fingerprint density at radius 3 is 2.72 bits per heavy atom. The normalized spacial score (nSPS) is 12.2. The molecule has 4 heteroatoms. The van der Waals surface area contributed by atoms with Crippen molar-refractivity contribution in [2.24, 2.45) is 4.99 Å². The van der Waals surface area contributed by atoms with Crippen LogP contribution in [0.25, 0.3) is 21.0 Å². The van der Waals surface area contributed by atoms with Gasteiger partial charge in [0.15, 0.2) is 4.80 Å². The Labute approximate surface area is 149 Å². The molecule has 0 fully saturated rings. The summed E-state index contributed by atoms with van der Waals surface area (Å²) in [5.41, 5.74) is 2.82. The van der Waals surface area contributed by atoms with Gasteiger partial charge in [-0.25, -0.2) is 0 Å². The average Bonchev–Trinajstić information content (AvgIpc) is 2.99. The molecule has 0 aliphatic rings. The standard InChI is InChI=1S/C21H18N2OS/c1-3-23-18-12-11-15-8-4-5-10-17(15)19(18)25-21(23)22-20(24)16-9-6-7-14(2)13-16/h4-13H,3H2,1-2H3. The minimum absolute atomic E-state index is 0.193. The minimum Gasteiger partial charge on any atom is -0.317 e. The summed E-state index contributed by atoms with van der Waals surface area (Å²) >= 11 is 1.58. The summed E-state index contributed by atoms with van der Waals surface area (Å²) in [6.07, 6.45) is 0. The van der Waals surface area contributed by atoms with E-state index in [1.807, 2.05) is 43.3 Å². The topological polar surface area (TPSA) is 34.4 Å². The molecule has 0 saturated heterocycles. The molecule has 3 nitrogen and oxygen atoms in total. The van der Waals surface area contributed by atoms with Crippen LogP contribution < -0.4 is 4.80 Å². The highest BCUT2D eigenvalue weighted by molar-refractivity contribution is 7.17. The van der Waals surface area contributed by atoms with Crippen LogP contribution in [-0.4, -0.2) is 10.5 Å². The maximum absolute atomic E-state index is 12.6. The lowest BCUT2D eigenvalue weighted by Crippen LogP contribution is -2.15. The van der Waals surface area contributed by atoms with E-state index in [9.17, 15) is 4.79 Å². The number of thiazole rings is 1. The molecule has 0 spiro atoms. The first-order valence-electron chi connectivity index (χ1n) is 8.34. The van der Waals surface area contributed by atoms with E-state index in [1.165, 1.54) is 15.5 Å². The second-order valence-electron chi connectivity index (χ2n) is 6.05. The van der Waals surface area contributed by atoms with Crippen molar-refractivity contribution < 1.29 is 4.79 Å². The number of hydrogen-bond acceptors (Lipinski definition) is 2. The first kappa shape index (κ1) is 15.8. The van der Waals surface area contributed by atoms with Gasteiger partial charge in [0.25, 0.3) is 5.91 Å². The highest BCUT2D eigenvalue weighted by Gasteiger charge is 2.10. The van der Waals surface area contributed by atoms with Crippen LogP contribution in [0.4, 0.5) is 0 Å². The third-order valence-corrected chi connectivity index (χ3v) is 5.48. The summed E-state index contributed by atoms with van der Waals surface area (Å²) in [5.74, 6) is -0.193. The molecule has 0 radical (unpaired) electrons. The average molecular weight is 346 g/mol. The van der Waals surface area contributed by atoms with E-state index in [2.05, 4.69) is 40.7 Å². The van der Waals surface area contributed by atoms with Crippen LogP contribution in [0.2, 0.25) is 0 Å². The largest absolute Gasteiger partial charge is 0.317 e. The predicted molar refractivity (Wildman–Crippen MR) is 104 cm³/mol. The number of carbonyl (C=O) groups is 1. The molecule has 1 heterocycles. The fourth-order valence-electron chi connectivity index (χ4n) is 3.12. The van der Waals surface area contributed by atoms with Gasteiger partial charge < -0.3 is 4.57 Å². The van der Waals surface area contributed by atoms with Gasteiger partial charge in [-0.2, -0.15) is 4.99 Å². The first-order valence-corrected chi connectivity index (χ1v) is 9.16. The smallest absolute Gasteiger partial charge is 0.279 e. The molecule has 0 saturated carbocycles. The summed E-state index contributed by atoms with van der Waals surface area (Å²) in [6, 6.07) is 20.1. The van der Waals surface area contributed by atoms with Crippen LogP contribution in [0.15, 0.2) is 65.7 Å². The minimum atomic E-state index is -0.193. The van der Waals surface area contributed by atoms with Gasteiger partial charge in [-0.3, -0.25) is 4.79 Å². The van der Waals surface area contributed by atoms with E-state index in [1.54, 1.807) is 11.3 Å². The SMILES string of the molecule is CCn1c(=NC(=O)c2cccc(C)c2)sc2c3ccccc3ccc21. The van der Waals surface area contributed by atoms with Gasteiger partial charge in [0, 0.05) is 17.5 Å². The van der Waals surface area contributed by atoms with Gasteiger partial charge in [-0.15, -0.1) is 0 Å². The van der Waals surface area contributed by atoms with Crippen molar-refractivity contribution in [3.8, 4) is 0 Å². The van der Waals surface area contributed by atoms with Crippen LogP contribution in [-0.2, 0) is 6.54 Å². The van der Waals surface area contributed by atoms with E-state index in [0.717, 1.165) is 22.4 Å². The van der Waals surface area contributed by atoms with Gasteiger partial charge >= 0.3 is 0 Å². The van der Waals surface area contributed by atoms with Crippen LogP contribution in [0.3, 0.4) is 0 Å². The number of fused-ring (bicyclic) bond motifs is 3. The molecule has 0 atom stereocenters. The third kappa shape index (κ3) is 2.79. The lowest BCUT2D eigenvalue weighted by atomic mass is 10.1. The van der Waals surface area contributed by atoms with Gasteiger partial charge in [0.1, 0.15) is 0 Å². The molecule has 0 bridgehead atoms. The number of rotatable bonds is 2. The fraction of sp³-hybridized carbons (Fsp3) is 0.143. The number of hydrogen-bond donors (Lipinski definition) is 0. The number of carbonyl (C=O) groups excluding carboxylic acids is 1. The van der Waals surface area contributed by atoms with E-state index in [4.69, 9.17) is 0 Å². The second-order valence-corrected chi connectivity index (χ2v) is 7.03. The van der Waals surface area contributed by atoms with Gasteiger partial charge in [-0.05, 0) is 37.4 Å². The monoisotopic (exact) mass is 346 g/mol.